The number of alkyl halides is 3. The molecule has 0 spiro atoms. The van der Waals surface area contributed by atoms with Gasteiger partial charge in [0.2, 0.25) is 0 Å². The van der Waals surface area contributed by atoms with Gasteiger partial charge in [0.05, 0.1) is 20.2 Å². The van der Waals surface area contributed by atoms with Crippen LogP contribution in [0.2, 0.25) is 5.02 Å². The molecule has 31 heavy (non-hydrogen) atoms. The summed E-state index contributed by atoms with van der Waals surface area (Å²) in [4.78, 5) is 13.0. The summed E-state index contributed by atoms with van der Waals surface area (Å²) in [5.41, 5.74) is 1.20. The van der Waals surface area contributed by atoms with Gasteiger partial charge < -0.3 is 9.84 Å². The number of hydrogen-bond donors (Lipinski definition) is 1. The lowest BCUT2D eigenvalue weighted by Gasteiger charge is -2.15. The maximum Gasteiger partial charge on any atom is 0.416 e. The predicted octanol–water partition coefficient (Wildman–Crippen LogP) is 3.91. The van der Waals surface area contributed by atoms with E-state index in [2.05, 4.69) is 5.10 Å². The van der Waals surface area contributed by atoms with E-state index in [0.29, 0.717) is 28.3 Å². The molecule has 2 aromatic carbocycles. The summed E-state index contributed by atoms with van der Waals surface area (Å²) in [7, 11) is 1.51. The van der Waals surface area contributed by atoms with E-state index in [0.717, 1.165) is 14.8 Å². The van der Waals surface area contributed by atoms with Crippen molar-refractivity contribution in [3.05, 3.63) is 69.1 Å². The first kappa shape index (κ1) is 22.9. The van der Waals surface area contributed by atoms with Gasteiger partial charge in [0.1, 0.15) is 5.75 Å². The first-order chi connectivity index (χ1) is 14.7. The molecular weight excluding hydrogens is 435 g/mol. The molecule has 0 unspecified atom stereocenters. The second-order valence-corrected chi connectivity index (χ2v) is 7.34. The van der Waals surface area contributed by atoms with Crippen molar-refractivity contribution >= 4 is 11.6 Å². The highest BCUT2D eigenvalue weighted by atomic mass is 35.5. The Morgan fingerprint density at radius 3 is 2.39 bits per heavy atom. The fraction of sp³-hybridized carbons (Fsp3) is 0.333. The minimum absolute atomic E-state index is 0.00409. The number of aromatic nitrogens is 3. The summed E-state index contributed by atoms with van der Waals surface area (Å²) in [6.45, 7) is 0.970. The molecule has 1 atom stereocenters. The van der Waals surface area contributed by atoms with Gasteiger partial charge in [0.15, 0.2) is 11.9 Å². The molecule has 0 aliphatic heterocycles. The number of aliphatic hydroxyl groups excluding tert-OH is 1. The van der Waals surface area contributed by atoms with Gasteiger partial charge in [-0.3, -0.25) is 4.57 Å². The average molecular weight is 456 g/mol. The lowest BCUT2D eigenvalue weighted by molar-refractivity contribution is -0.207. The van der Waals surface area contributed by atoms with E-state index in [1.165, 1.54) is 7.11 Å². The summed E-state index contributed by atoms with van der Waals surface area (Å²) in [5, 5.41) is 14.3. The normalized spacial score (nSPS) is 12.7. The van der Waals surface area contributed by atoms with Crippen LogP contribution in [0.15, 0.2) is 47.3 Å². The number of rotatable bonds is 7. The van der Waals surface area contributed by atoms with Gasteiger partial charge in [-0.2, -0.15) is 13.2 Å². The molecule has 0 fully saturated rings. The van der Waals surface area contributed by atoms with Gasteiger partial charge in [-0.15, -0.1) is 5.10 Å². The van der Waals surface area contributed by atoms with Crippen LogP contribution in [0, 0.1) is 0 Å². The summed E-state index contributed by atoms with van der Waals surface area (Å²) in [5.74, 6) is 0.588. The molecular formula is C21H21ClF3N3O3. The van der Waals surface area contributed by atoms with Gasteiger partial charge in [0, 0.05) is 16.1 Å². The number of halogens is 4. The van der Waals surface area contributed by atoms with Crippen LogP contribution in [0.4, 0.5) is 13.2 Å². The van der Waals surface area contributed by atoms with Crippen molar-refractivity contribution in [1.82, 2.24) is 14.3 Å². The molecule has 0 radical (unpaired) electrons. The molecule has 0 amide bonds. The van der Waals surface area contributed by atoms with Gasteiger partial charge >= 0.3 is 11.9 Å². The molecule has 1 N–H and O–H groups in total. The standard InChI is InChI=1S/C21H21ClF3N3O3/c1-3-13-5-4-6-15(18(13)31-2)11-28-20(30)27(12-17(29)21(23,24)25)19(26-28)14-7-9-16(22)10-8-14/h4-10,17,29H,3,11-12H2,1-2H3/t17-/m0/s1. The Morgan fingerprint density at radius 2 is 1.81 bits per heavy atom. The second kappa shape index (κ2) is 9.15. The third-order valence-electron chi connectivity index (χ3n) is 4.84. The number of aliphatic hydroxyl groups is 1. The molecule has 10 heteroatoms. The maximum absolute atomic E-state index is 13.0. The highest BCUT2D eigenvalue weighted by Gasteiger charge is 2.39. The quantitative estimate of drug-likeness (QED) is 0.586. The zero-order chi connectivity index (χ0) is 22.8. The number of methoxy groups -OCH3 is 1. The lowest BCUT2D eigenvalue weighted by atomic mass is 10.1. The predicted molar refractivity (Wildman–Crippen MR) is 110 cm³/mol. The van der Waals surface area contributed by atoms with Crippen molar-refractivity contribution in [1.29, 1.82) is 0 Å². The lowest BCUT2D eigenvalue weighted by Crippen LogP contribution is -2.37. The zero-order valence-corrected chi connectivity index (χ0v) is 17.6. The number of para-hydroxylation sites is 1. The minimum Gasteiger partial charge on any atom is -0.496 e. The number of ether oxygens (including phenoxy) is 1. The summed E-state index contributed by atoms with van der Waals surface area (Å²) < 4.78 is 46.2. The smallest absolute Gasteiger partial charge is 0.416 e. The van der Waals surface area contributed by atoms with Crippen molar-refractivity contribution < 1.29 is 23.0 Å². The van der Waals surface area contributed by atoms with Crippen LogP contribution in [0.1, 0.15) is 18.1 Å². The largest absolute Gasteiger partial charge is 0.496 e. The number of nitrogens with zero attached hydrogens (tertiary/aromatic N) is 3. The first-order valence-corrected chi connectivity index (χ1v) is 9.86. The molecule has 3 aromatic rings. The Hall–Kier alpha value is -2.78. The van der Waals surface area contributed by atoms with Crippen molar-refractivity contribution in [3.8, 4) is 17.1 Å². The Labute approximate surface area is 181 Å². The summed E-state index contributed by atoms with van der Waals surface area (Å²) in [6.07, 6.45) is -6.89. The summed E-state index contributed by atoms with van der Waals surface area (Å²) in [6, 6.07) is 11.6. The van der Waals surface area contributed by atoms with Gasteiger partial charge in [-0.1, -0.05) is 36.7 Å². The second-order valence-electron chi connectivity index (χ2n) is 6.90. The van der Waals surface area contributed by atoms with E-state index in [4.69, 9.17) is 16.3 Å². The van der Waals surface area contributed by atoms with Crippen molar-refractivity contribution in [2.75, 3.05) is 7.11 Å². The molecule has 0 aliphatic carbocycles. The monoisotopic (exact) mass is 455 g/mol. The Bertz CT molecular complexity index is 1110. The van der Waals surface area contributed by atoms with Crippen LogP contribution in [0.25, 0.3) is 11.4 Å². The van der Waals surface area contributed by atoms with E-state index in [1.807, 2.05) is 19.1 Å². The Morgan fingerprint density at radius 1 is 1.16 bits per heavy atom. The van der Waals surface area contributed by atoms with E-state index in [9.17, 15) is 23.1 Å². The van der Waals surface area contributed by atoms with Gasteiger partial charge in [-0.05, 0) is 36.2 Å². The van der Waals surface area contributed by atoms with Crippen LogP contribution in [-0.2, 0) is 19.5 Å². The van der Waals surface area contributed by atoms with E-state index in [-0.39, 0.29) is 12.4 Å². The fourth-order valence-corrected chi connectivity index (χ4v) is 3.39. The Balaban J connectivity index is 2.09. The maximum atomic E-state index is 13.0. The van der Waals surface area contributed by atoms with Gasteiger partial charge in [-0.25, -0.2) is 9.48 Å². The average Bonchev–Trinajstić information content (AvgIpc) is 3.03. The molecule has 1 heterocycles. The Kier molecular flexibility index (Phi) is 6.76. The van der Waals surface area contributed by atoms with Crippen LogP contribution in [0.5, 0.6) is 5.75 Å². The molecule has 0 bridgehead atoms. The highest BCUT2D eigenvalue weighted by Crippen LogP contribution is 2.26. The van der Waals surface area contributed by atoms with Crippen LogP contribution in [-0.4, -0.2) is 38.8 Å². The third-order valence-corrected chi connectivity index (χ3v) is 5.09. The van der Waals surface area contributed by atoms with Crippen LogP contribution in [0.3, 0.4) is 0 Å². The minimum atomic E-state index is -4.88. The molecule has 3 rings (SSSR count). The van der Waals surface area contributed by atoms with E-state index >= 15 is 0 Å². The van der Waals surface area contributed by atoms with E-state index < -0.39 is 24.5 Å². The summed E-state index contributed by atoms with van der Waals surface area (Å²) >= 11 is 5.89. The third kappa shape index (κ3) is 4.94. The van der Waals surface area contributed by atoms with E-state index in [1.54, 1.807) is 30.3 Å². The molecule has 0 aliphatic rings. The zero-order valence-electron chi connectivity index (χ0n) is 16.9. The highest BCUT2D eigenvalue weighted by molar-refractivity contribution is 6.30. The molecule has 0 saturated carbocycles. The number of hydrogen-bond acceptors (Lipinski definition) is 4. The van der Waals surface area contributed by atoms with Gasteiger partial charge in [0.25, 0.3) is 0 Å². The fourth-order valence-electron chi connectivity index (χ4n) is 3.26. The van der Waals surface area contributed by atoms with Crippen molar-refractivity contribution in [3.63, 3.8) is 0 Å². The SMILES string of the molecule is CCc1cccc(Cn2nc(-c3ccc(Cl)cc3)n(C[C@H](O)C(F)(F)F)c2=O)c1OC. The number of aryl methyl sites for hydroxylation is 1. The molecule has 166 valence electrons. The molecule has 1 aromatic heterocycles. The van der Waals surface area contributed by atoms with Crippen molar-refractivity contribution in [2.45, 2.75) is 38.7 Å². The first-order valence-electron chi connectivity index (χ1n) is 9.48. The molecule has 6 nitrogen and oxygen atoms in total. The van der Waals surface area contributed by atoms with Crippen LogP contribution >= 0.6 is 11.6 Å². The van der Waals surface area contributed by atoms with Crippen molar-refractivity contribution in [2.24, 2.45) is 0 Å². The number of benzene rings is 2. The van der Waals surface area contributed by atoms with Crippen LogP contribution < -0.4 is 10.4 Å². The topological polar surface area (TPSA) is 69.3 Å². The molecule has 0 saturated heterocycles.